The van der Waals surface area contributed by atoms with Gasteiger partial charge in [0.05, 0.1) is 25.7 Å². The largest absolute Gasteiger partial charge is 0.480 e. The third-order valence-electron chi connectivity index (χ3n) is 4.60. The number of likely N-dealkylation sites (N-methyl/N-ethyl adjacent to an activating group) is 1. The van der Waals surface area contributed by atoms with E-state index in [1.165, 1.54) is 0 Å². The van der Waals surface area contributed by atoms with Crippen molar-refractivity contribution in [2.24, 2.45) is 5.92 Å². The lowest BCUT2D eigenvalue weighted by Crippen LogP contribution is -2.48. The number of hydrogen-bond acceptors (Lipinski definition) is 4. The molecule has 1 aliphatic heterocycles. The maximum absolute atomic E-state index is 12.3. The van der Waals surface area contributed by atoms with Gasteiger partial charge in [-0.3, -0.25) is 14.5 Å². The van der Waals surface area contributed by atoms with Gasteiger partial charge in [0, 0.05) is 19.1 Å². The second kappa shape index (κ2) is 10.7. The number of carboxylic acid groups (broad SMARTS) is 1. The topological polar surface area (TPSA) is 70.1 Å². The van der Waals surface area contributed by atoms with Gasteiger partial charge in [0.2, 0.25) is 5.91 Å². The smallest absolute Gasteiger partial charge is 0.317 e. The van der Waals surface area contributed by atoms with Crippen LogP contribution >= 0.6 is 0 Å². The molecular weight excluding hydrogens is 308 g/mol. The SMILES string of the molecule is CCN(CC(=O)O)C1CCN(C(=O)CCOC(C)CC(C)C)CC1. The highest BCUT2D eigenvalue weighted by molar-refractivity contribution is 5.76. The van der Waals surface area contributed by atoms with E-state index in [-0.39, 0.29) is 24.6 Å². The zero-order valence-corrected chi connectivity index (χ0v) is 15.7. The van der Waals surface area contributed by atoms with Crippen molar-refractivity contribution in [2.75, 3.05) is 32.8 Å². The van der Waals surface area contributed by atoms with E-state index in [0.29, 0.717) is 32.0 Å². The van der Waals surface area contributed by atoms with Crippen LogP contribution in [0.15, 0.2) is 0 Å². The molecule has 0 aromatic carbocycles. The van der Waals surface area contributed by atoms with Crippen LogP contribution < -0.4 is 0 Å². The summed E-state index contributed by atoms with van der Waals surface area (Å²) in [6.45, 7) is 11.1. The first kappa shape index (κ1) is 20.9. The molecule has 0 aliphatic carbocycles. The summed E-state index contributed by atoms with van der Waals surface area (Å²) in [7, 11) is 0. The van der Waals surface area contributed by atoms with Crippen LogP contribution in [0.1, 0.15) is 53.4 Å². The Morgan fingerprint density at radius 1 is 1.25 bits per heavy atom. The number of carbonyl (C=O) groups excluding carboxylic acids is 1. The van der Waals surface area contributed by atoms with Gasteiger partial charge >= 0.3 is 5.97 Å². The second-order valence-corrected chi connectivity index (χ2v) is 7.13. The molecule has 0 saturated carbocycles. The lowest BCUT2D eigenvalue weighted by Gasteiger charge is -2.37. The number of piperidine rings is 1. The molecule has 1 amide bonds. The molecule has 1 atom stereocenters. The minimum absolute atomic E-state index is 0.0801. The van der Waals surface area contributed by atoms with E-state index in [1.54, 1.807) is 0 Å². The van der Waals surface area contributed by atoms with Crippen LogP contribution in [0.5, 0.6) is 0 Å². The third-order valence-corrected chi connectivity index (χ3v) is 4.60. The molecule has 1 unspecified atom stereocenters. The minimum atomic E-state index is -0.789. The van der Waals surface area contributed by atoms with Crippen LogP contribution in [0.25, 0.3) is 0 Å². The molecular formula is C18H34N2O4. The highest BCUT2D eigenvalue weighted by Crippen LogP contribution is 2.17. The van der Waals surface area contributed by atoms with E-state index in [2.05, 4.69) is 20.8 Å². The first-order chi connectivity index (χ1) is 11.3. The van der Waals surface area contributed by atoms with Gasteiger partial charge in [-0.05, 0) is 38.6 Å². The number of rotatable bonds is 10. The molecule has 1 saturated heterocycles. The first-order valence-electron chi connectivity index (χ1n) is 9.18. The summed E-state index contributed by atoms with van der Waals surface area (Å²) in [5.74, 6) is -0.0449. The van der Waals surface area contributed by atoms with E-state index in [9.17, 15) is 9.59 Å². The quantitative estimate of drug-likeness (QED) is 0.659. The molecule has 140 valence electrons. The molecule has 1 aliphatic rings. The predicted molar refractivity (Wildman–Crippen MR) is 94.0 cm³/mol. The lowest BCUT2D eigenvalue weighted by molar-refractivity contribution is -0.140. The average molecular weight is 342 g/mol. The second-order valence-electron chi connectivity index (χ2n) is 7.13. The zero-order valence-electron chi connectivity index (χ0n) is 15.7. The number of carboxylic acids is 1. The van der Waals surface area contributed by atoms with Crippen molar-refractivity contribution in [1.82, 2.24) is 9.80 Å². The molecule has 1 rings (SSSR count). The summed E-state index contributed by atoms with van der Waals surface area (Å²) in [5, 5.41) is 8.96. The number of aliphatic carboxylic acids is 1. The maximum atomic E-state index is 12.3. The fourth-order valence-electron chi connectivity index (χ4n) is 3.39. The average Bonchev–Trinajstić information content (AvgIpc) is 2.51. The van der Waals surface area contributed by atoms with Crippen molar-refractivity contribution in [3.8, 4) is 0 Å². The fraction of sp³-hybridized carbons (Fsp3) is 0.889. The van der Waals surface area contributed by atoms with E-state index in [4.69, 9.17) is 9.84 Å². The molecule has 0 spiro atoms. The molecule has 0 aromatic heterocycles. The zero-order chi connectivity index (χ0) is 18.1. The van der Waals surface area contributed by atoms with Gasteiger partial charge in [-0.25, -0.2) is 0 Å². The highest BCUT2D eigenvalue weighted by Gasteiger charge is 2.27. The first-order valence-corrected chi connectivity index (χ1v) is 9.18. The van der Waals surface area contributed by atoms with Gasteiger partial charge in [0.1, 0.15) is 0 Å². The number of ether oxygens (including phenoxy) is 1. The number of nitrogens with zero attached hydrogens (tertiary/aromatic N) is 2. The Labute approximate surface area is 146 Å². The molecule has 24 heavy (non-hydrogen) atoms. The Morgan fingerprint density at radius 2 is 1.88 bits per heavy atom. The van der Waals surface area contributed by atoms with Gasteiger partial charge in [-0.15, -0.1) is 0 Å². The molecule has 0 bridgehead atoms. The molecule has 1 N–H and O–H groups in total. The lowest BCUT2D eigenvalue weighted by atomic mass is 10.0. The van der Waals surface area contributed by atoms with Crippen LogP contribution in [0, 0.1) is 5.92 Å². The van der Waals surface area contributed by atoms with Gasteiger partial charge < -0.3 is 14.7 Å². The number of carbonyl (C=O) groups is 2. The molecule has 1 heterocycles. The Balaban J connectivity index is 2.28. The van der Waals surface area contributed by atoms with E-state index in [1.807, 2.05) is 16.7 Å². The number of likely N-dealkylation sites (tertiary alicyclic amines) is 1. The van der Waals surface area contributed by atoms with Crippen molar-refractivity contribution >= 4 is 11.9 Å². The molecule has 6 heteroatoms. The summed E-state index contributed by atoms with van der Waals surface area (Å²) in [6, 6.07) is 0.262. The van der Waals surface area contributed by atoms with Gasteiger partial charge in [-0.2, -0.15) is 0 Å². The van der Waals surface area contributed by atoms with Crippen LogP contribution in [-0.2, 0) is 14.3 Å². The van der Waals surface area contributed by atoms with E-state index < -0.39 is 5.97 Å². The van der Waals surface area contributed by atoms with E-state index in [0.717, 1.165) is 25.8 Å². The van der Waals surface area contributed by atoms with Gasteiger partial charge in [-0.1, -0.05) is 20.8 Å². The van der Waals surface area contributed by atoms with Crippen LogP contribution in [0.4, 0.5) is 0 Å². The summed E-state index contributed by atoms with van der Waals surface area (Å²) < 4.78 is 5.71. The van der Waals surface area contributed by atoms with Crippen molar-refractivity contribution in [3.05, 3.63) is 0 Å². The van der Waals surface area contributed by atoms with Crippen LogP contribution in [-0.4, -0.2) is 71.7 Å². The molecule has 1 fully saturated rings. The van der Waals surface area contributed by atoms with Crippen molar-refractivity contribution in [3.63, 3.8) is 0 Å². The van der Waals surface area contributed by atoms with E-state index >= 15 is 0 Å². The standard InChI is InChI=1S/C18H34N2O4/c1-5-19(13-18(22)23)16-6-9-20(10-7-16)17(21)8-11-24-15(4)12-14(2)3/h14-16H,5-13H2,1-4H3,(H,22,23). The Bertz CT molecular complexity index is 392. The number of hydrogen-bond donors (Lipinski definition) is 1. The minimum Gasteiger partial charge on any atom is -0.480 e. The predicted octanol–water partition coefficient (Wildman–Crippen LogP) is 2.23. The molecule has 6 nitrogen and oxygen atoms in total. The molecule has 0 aromatic rings. The summed E-state index contributed by atoms with van der Waals surface area (Å²) >= 11 is 0. The van der Waals surface area contributed by atoms with Crippen molar-refractivity contribution in [2.45, 2.75) is 65.5 Å². The Hall–Kier alpha value is -1.14. The highest BCUT2D eigenvalue weighted by atomic mass is 16.5. The maximum Gasteiger partial charge on any atom is 0.317 e. The Kier molecular flexibility index (Phi) is 9.29. The summed E-state index contributed by atoms with van der Waals surface area (Å²) in [5.41, 5.74) is 0. The number of amides is 1. The van der Waals surface area contributed by atoms with Crippen molar-refractivity contribution < 1.29 is 19.4 Å². The third kappa shape index (κ3) is 7.62. The Morgan fingerprint density at radius 3 is 2.38 bits per heavy atom. The van der Waals surface area contributed by atoms with Gasteiger partial charge in [0.15, 0.2) is 0 Å². The normalized spacial score (nSPS) is 17.5. The fourth-order valence-corrected chi connectivity index (χ4v) is 3.39. The summed E-state index contributed by atoms with van der Waals surface area (Å²) in [6.07, 6.45) is 3.32. The monoisotopic (exact) mass is 342 g/mol. The van der Waals surface area contributed by atoms with Crippen LogP contribution in [0.2, 0.25) is 0 Å². The van der Waals surface area contributed by atoms with Crippen molar-refractivity contribution in [1.29, 1.82) is 0 Å². The molecule has 0 radical (unpaired) electrons. The van der Waals surface area contributed by atoms with Crippen LogP contribution in [0.3, 0.4) is 0 Å². The summed E-state index contributed by atoms with van der Waals surface area (Å²) in [4.78, 5) is 27.0. The van der Waals surface area contributed by atoms with Gasteiger partial charge in [0.25, 0.3) is 0 Å².